The molecule has 4 nitrogen and oxygen atoms in total. The second-order valence-corrected chi connectivity index (χ2v) is 5.88. The summed E-state index contributed by atoms with van der Waals surface area (Å²) in [6.45, 7) is 3.74. The van der Waals surface area contributed by atoms with Crippen LogP contribution in [0.1, 0.15) is 35.2 Å². The lowest BCUT2D eigenvalue weighted by molar-refractivity contribution is 0.628. The fourth-order valence-electron chi connectivity index (χ4n) is 2.82. The zero-order valence-corrected chi connectivity index (χ0v) is 13.8. The molecule has 2 aromatic carbocycles. The number of anilines is 1. The van der Waals surface area contributed by atoms with E-state index >= 15 is 0 Å². The molecule has 5 heteroatoms. The summed E-state index contributed by atoms with van der Waals surface area (Å²) in [5.74, 6) is -0.365. The van der Waals surface area contributed by atoms with Crippen LogP contribution in [-0.4, -0.2) is 4.98 Å². The van der Waals surface area contributed by atoms with Crippen molar-refractivity contribution in [3.8, 4) is 12.1 Å². The lowest BCUT2D eigenvalue weighted by Crippen LogP contribution is -2.09. The molecule has 0 aliphatic carbocycles. The Morgan fingerprint density at radius 1 is 1.12 bits per heavy atom. The molecule has 3 aromatic rings. The van der Waals surface area contributed by atoms with E-state index < -0.39 is 0 Å². The molecule has 0 bridgehead atoms. The van der Waals surface area contributed by atoms with Crippen LogP contribution in [0.25, 0.3) is 10.9 Å². The summed E-state index contributed by atoms with van der Waals surface area (Å²) in [6.07, 6.45) is 1.50. The number of hydrogen-bond donors (Lipinski definition) is 1. The van der Waals surface area contributed by atoms with E-state index in [2.05, 4.69) is 22.4 Å². The van der Waals surface area contributed by atoms with Crippen LogP contribution in [0.3, 0.4) is 0 Å². The number of benzene rings is 2. The number of hydrogen-bond acceptors (Lipinski definition) is 4. The van der Waals surface area contributed by atoms with E-state index in [9.17, 15) is 9.65 Å². The van der Waals surface area contributed by atoms with Gasteiger partial charge in [-0.2, -0.15) is 10.5 Å². The van der Waals surface area contributed by atoms with Gasteiger partial charge in [0.05, 0.1) is 28.4 Å². The summed E-state index contributed by atoms with van der Waals surface area (Å²) in [5.41, 5.74) is 3.84. The highest BCUT2D eigenvalue weighted by atomic mass is 19.1. The first-order chi connectivity index (χ1) is 12.0. The molecule has 0 radical (unpaired) electrons. The molecule has 122 valence electrons. The molecule has 0 saturated heterocycles. The molecule has 1 atom stereocenters. The van der Waals surface area contributed by atoms with Crippen molar-refractivity contribution >= 4 is 16.6 Å². The Bertz CT molecular complexity index is 1030. The summed E-state index contributed by atoms with van der Waals surface area (Å²) < 4.78 is 13.9. The molecule has 25 heavy (non-hydrogen) atoms. The fourth-order valence-corrected chi connectivity index (χ4v) is 2.82. The zero-order chi connectivity index (χ0) is 18.0. The predicted molar refractivity (Wildman–Crippen MR) is 94.3 cm³/mol. The lowest BCUT2D eigenvalue weighted by Gasteiger charge is -2.19. The highest BCUT2D eigenvalue weighted by molar-refractivity contribution is 5.95. The van der Waals surface area contributed by atoms with E-state index in [0.29, 0.717) is 33.3 Å². The normalized spacial score (nSPS) is 11.6. The molecule has 0 aliphatic rings. The molecule has 1 unspecified atom stereocenters. The molecule has 0 amide bonds. The number of fused-ring (bicyclic) bond motifs is 1. The third-order valence-corrected chi connectivity index (χ3v) is 4.15. The molecule has 0 aliphatic heterocycles. The molecule has 3 rings (SSSR count). The average Bonchev–Trinajstić information content (AvgIpc) is 2.62. The number of rotatable bonds is 3. The van der Waals surface area contributed by atoms with E-state index in [1.165, 1.54) is 18.3 Å². The number of nitriles is 2. The highest BCUT2D eigenvalue weighted by Crippen LogP contribution is 2.31. The van der Waals surface area contributed by atoms with Crippen molar-refractivity contribution in [1.82, 2.24) is 4.98 Å². The molecule has 1 heterocycles. The Morgan fingerprint density at radius 2 is 1.84 bits per heavy atom. The van der Waals surface area contributed by atoms with Crippen LogP contribution in [0.15, 0.2) is 42.6 Å². The van der Waals surface area contributed by atoms with Gasteiger partial charge in [0.1, 0.15) is 11.9 Å². The number of halogens is 1. The fraction of sp³-hybridized carbons (Fsp3) is 0.150. The average molecular weight is 330 g/mol. The number of nitrogens with zero attached hydrogens (tertiary/aromatic N) is 3. The smallest absolute Gasteiger partial charge is 0.124 e. The van der Waals surface area contributed by atoms with Crippen LogP contribution in [0.2, 0.25) is 0 Å². The first-order valence-corrected chi connectivity index (χ1v) is 7.79. The van der Waals surface area contributed by atoms with Gasteiger partial charge in [-0.1, -0.05) is 12.1 Å². The molecule has 1 aromatic heterocycles. The van der Waals surface area contributed by atoms with Gasteiger partial charge in [-0.3, -0.25) is 4.98 Å². The summed E-state index contributed by atoms with van der Waals surface area (Å²) in [7, 11) is 0. The third kappa shape index (κ3) is 3.13. The lowest BCUT2D eigenvalue weighted by atomic mass is 10.0. The van der Waals surface area contributed by atoms with Crippen LogP contribution in [0, 0.1) is 35.4 Å². The van der Waals surface area contributed by atoms with Crippen molar-refractivity contribution in [1.29, 1.82) is 10.5 Å². The third-order valence-electron chi connectivity index (χ3n) is 4.15. The number of nitrogens with one attached hydrogen (secondary N) is 1. The van der Waals surface area contributed by atoms with Crippen molar-refractivity contribution in [3.63, 3.8) is 0 Å². The number of pyridine rings is 1. The van der Waals surface area contributed by atoms with Gasteiger partial charge >= 0.3 is 0 Å². The van der Waals surface area contributed by atoms with E-state index in [0.717, 1.165) is 5.56 Å². The molecular weight excluding hydrogens is 315 g/mol. The van der Waals surface area contributed by atoms with Gasteiger partial charge in [0.2, 0.25) is 0 Å². The van der Waals surface area contributed by atoms with E-state index in [1.807, 2.05) is 19.1 Å². The Morgan fingerprint density at radius 3 is 2.48 bits per heavy atom. The molecular formula is C20H15FN4. The van der Waals surface area contributed by atoms with Crippen molar-refractivity contribution in [2.45, 2.75) is 19.9 Å². The minimum absolute atomic E-state index is 0.131. The van der Waals surface area contributed by atoms with Crippen molar-refractivity contribution in [2.24, 2.45) is 0 Å². The van der Waals surface area contributed by atoms with Crippen molar-refractivity contribution in [3.05, 3.63) is 70.7 Å². The van der Waals surface area contributed by atoms with E-state index in [1.54, 1.807) is 19.1 Å². The summed E-state index contributed by atoms with van der Waals surface area (Å²) in [5, 5.41) is 22.2. The van der Waals surface area contributed by atoms with Gasteiger partial charge in [0.15, 0.2) is 0 Å². The van der Waals surface area contributed by atoms with Crippen LogP contribution < -0.4 is 5.32 Å². The number of aryl methyl sites for hydroxylation is 1. The maximum atomic E-state index is 13.9. The zero-order valence-electron chi connectivity index (χ0n) is 13.8. The summed E-state index contributed by atoms with van der Waals surface area (Å²) in [4.78, 5) is 4.29. The standard InChI is InChI=1S/C20H15FN4/c1-12-7-17(21)8-18-19(12)24-11-16(10-23)20(18)25-13(2)15-5-3-14(9-22)4-6-15/h3-8,11,13H,1-2H3,(H,24,25). The highest BCUT2D eigenvalue weighted by Gasteiger charge is 2.15. The van der Waals surface area contributed by atoms with Crippen LogP contribution in [0.4, 0.5) is 10.1 Å². The first kappa shape index (κ1) is 16.4. The van der Waals surface area contributed by atoms with E-state index in [-0.39, 0.29) is 11.9 Å². The molecule has 0 spiro atoms. The van der Waals surface area contributed by atoms with E-state index in [4.69, 9.17) is 5.26 Å². The van der Waals surface area contributed by atoms with Gasteiger partial charge in [-0.05, 0) is 49.2 Å². The Hall–Kier alpha value is -3.44. The quantitative estimate of drug-likeness (QED) is 0.762. The molecule has 1 N–H and O–H groups in total. The largest absolute Gasteiger partial charge is 0.377 e. The summed E-state index contributed by atoms with van der Waals surface area (Å²) in [6, 6.07) is 14.1. The van der Waals surface area contributed by atoms with Gasteiger partial charge in [-0.25, -0.2) is 4.39 Å². The van der Waals surface area contributed by atoms with Crippen LogP contribution >= 0.6 is 0 Å². The number of aromatic nitrogens is 1. The van der Waals surface area contributed by atoms with Gasteiger partial charge < -0.3 is 5.32 Å². The predicted octanol–water partition coefficient (Wildman–Crippen LogP) is 4.60. The van der Waals surface area contributed by atoms with Gasteiger partial charge in [-0.15, -0.1) is 0 Å². The van der Waals surface area contributed by atoms with Crippen molar-refractivity contribution in [2.75, 3.05) is 5.32 Å². The topological polar surface area (TPSA) is 72.5 Å². The molecule has 0 saturated carbocycles. The van der Waals surface area contributed by atoms with Crippen LogP contribution in [-0.2, 0) is 0 Å². The van der Waals surface area contributed by atoms with Gasteiger partial charge in [0.25, 0.3) is 0 Å². The maximum Gasteiger partial charge on any atom is 0.124 e. The summed E-state index contributed by atoms with van der Waals surface area (Å²) >= 11 is 0. The Labute approximate surface area is 145 Å². The first-order valence-electron chi connectivity index (χ1n) is 7.79. The minimum atomic E-state index is -0.365. The van der Waals surface area contributed by atoms with Gasteiger partial charge in [0, 0.05) is 17.6 Å². The second-order valence-electron chi connectivity index (χ2n) is 5.88. The maximum absolute atomic E-state index is 13.9. The SMILES string of the molecule is Cc1cc(F)cc2c(NC(C)c3ccc(C#N)cc3)c(C#N)cnc12. The van der Waals surface area contributed by atoms with Crippen LogP contribution in [0.5, 0.6) is 0 Å². The van der Waals surface area contributed by atoms with Crippen molar-refractivity contribution < 1.29 is 4.39 Å². The monoisotopic (exact) mass is 330 g/mol. The second kappa shape index (κ2) is 6.59. The molecule has 0 fully saturated rings. The Kier molecular flexibility index (Phi) is 4.33. The Balaban J connectivity index is 2.07. The minimum Gasteiger partial charge on any atom is -0.377 e.